The summed E-state index contributed by atoms with van der Waals surface area (Å²) in [6.45, 7) is 0. The van der Waals surface area contributed by atoms with Gasteiger partial charge in [-0.25, -0.2) is 4.79 Å². The third kappa shape index (κ3) is 1.89. The van der Waals surface area contributed by atoms with E-state index in [-0.39, 0.29) is 18.2 Å². The van der Waals surface area contributed by atoms with Crippen LogP contribution >= 0.6 is 0 Å². The van der Waals surface area contributed by atoms with Crippen LogP contribution in [0.5, 0.6) is 0 Å². The minimum Gasteiger partial charge on any atom is -0.459 e. The van der Waals surface area contributed by atoms with E-state index in [4.69, 9.17) is 14.2 Å². The van der Waals surface area contributed by atoms with Crippen LogP contribution < -0.4 is 0 Å². The second-order valence-electron chi connectivity index (χ2n) is 5.42. The topological polar surface area (TPSA) is 51.4 Å². The van der Waals surface area contributed by atoms with Crippen LogP contribution in [0.2, 0.25) is 0 Å². The van der Waals surface area contributed by atoms with Crippen LogP contribution in [0.3, 0.4) is 0 Å². The monoisotopic (exact) mass is 236 g/mol. The van der Waals surface area contributed by atoms with Crippen LogP contribution in [0.15, 0.2) is 11.6 Å². The molecule has 2 aliphatic carbocycles. The van der Waals surface area contributed by atoms with Gasteiger partial charge in [0.1, 0.15) is 12.2 Å². The predicted molar refractivity (Wildman–Crippen MR) is 58.4 cm³/mol. The third-order valence-electron chi connectivity index (χ3n) is 4.18. The van der Waals surface area contributed by atoms with Gasteiger partial charge in [-0.2, -0.15) is 0 Å². The minimum atomic E-state index is -0.136. The summed E-state index contributed by atoms with van der Waals surface area (Å²) in [4.78, 5) is 12.0. The van der Waals surface area contributed by atoms with Crippen molar-refractivity contribution in [3.63, 3.8) is 0 Å². The Morgan fingerprint density at radius 2 is 2.12 bits per heavy atom. The Hall–Kier alpha value is -0.870. The van der Waals surface area contributed by atoms with Crippen molar-refractivity contribution in [2.75, 3.05) is 0 Å². The van der Waals surface area contributed by atoms with E-state index in [1.165, 1.54) is 0 Å². The summed E-state index contributed by atoms with van der Waals surface area (Å²) < 4.78 is 16.4. The number of hydrogen-bond acceptors (Lipinski definition) is 4. The predicted octanol–water partition coefficient (Wildman–Crippen LogP) is 1.34. The molecule has 0 aromatic carbocycles. The van der Waals surface area contributed by atoms with Gasteiger partial charge >= 0.3 is 5.97 Å². The van der Waals surface area contributed by atoms with E-state index in [1.807, 2.05) is 6.08 Å². The van der Waals surface area contributed by atoms with Crippen molar-refractivity contribution in [3.05, 3.63) is 11.6 Å². The summed E-state index contributed by atoms with van der Waals surface area (Å²) in [7, 11) is 0. The molecule has 0 radical (unpaired) electrons. The quantitative estimate of drug-likeness (QED) is 0.536. The molecule has 4 nitrogen and oxygen atoms in total. The van der Waals surface area contributed by atoms with Gasteiger partial charge in [0.2, 0.25) is 0 Å². The van der Waals surface area contributed by atoms with Gasteiger partial charge < -0.3 is 14.2 Å². The van der Waals surface area contributed by atoms with E-state index in [9.17, 15) is 4.79 Å². The van der Waals surface area contributed by atoms with Gasteiger partial charge in [-0.1, -0.05) is 0 Å². The summed E-state index contributed by atoms with van der Waals surface area (Å²) >= 11 is 0. The van der Waals surface area contributed by atoms with Crippen molar-refractivity contribution < 1.29 is 19.0 Å². The Morgan fingerprint density at radius 3 is 2.94 bits per heavy atom. The first-order valence-electron chi connectivity index (χ1n) is 6.52. The second kappa shape index (κ2) is 3.56. The number of epoxide rings is 2. The largest absolute Gasteiger partial charge is 0.459 e. The van der Waals surface area contributed by atoms with Crippen molar-refractivity contribution in [2.24, 2.45) is 0 Å². The van der Waals surface area contributed by atoms with Gasteiger partial charge in [0.05, 0.1) is 18.3 Å². The minimum absolute atomic E-state index is 0.0602. The Morgan fingerprint density at radius 1 is 1.18 bits per heavy atom. The summed E-state index contributed by atoms with van der Waals surface area (Å²) in [5.74, 6) is -0.136. The van der Waals surface area contributed by atoms with Gasteiger partial charge in [0, 0.05) is 12.0 Å². The zero-order chi connectivity index (χ0) is 11.4. The average molecular weight is 236 g/mol. The van der Waals surface area contributed by atoms with E-state index >= 15 is 0 Å². The maximum atomic E-state index is 12.0. The molecule has 5 atom stereocenters. The molecule has 4 heteroatoms. The molecular weight excluding hydrogens is 220 g/mol. The first-order chi connectivity index (χ1) is 8.29. The lowest BCUT2D eigenvalue weighted by atomic mass is 9.97. The van der Waals surface area contributed by atoms with E-state index in [1.54, 1.807) is 0 Å². The lowest BCUT2D eigenvalue weighted by Crippen LogP contribution is -2.26. The molecule has 0 aromatic rings. The average Bonchev–Trinajstić information content (AvgIpc) is 3.22. The first-order valence-corrected chi connectivity index (χ1v) is 6.52. The van der Waals surface area contributed by atoms with Gasteiger partial charge in [-0.15, -0.1) is 0 Å². The maximum absolute atomic E-state index is 12.0. The SMILES string of the molecule is O=C(OC1CCC2OC2C1)C1=CC2OC2CC1. The highest BCUT2D eigenvalue weighted by molar-refractivity contribution is 5.89. The third-order valence-corrected chi connectivity index (χ3v) is 4.18. The maximum Gasteiger partial charge on any atom is 0.334 e. The molecule has 2 saturated heterocycles. The van der Waals surface area contributed by atoms with Gasteiger partial charge in [0.25, 0.3) is 0 Å². The lowest BCUT2D eigenvalue weighted by Gasteiger charge is -2.20. The fourth-order valence-corrected chi connectivity index (χ4v) is 2.99. The van der Waals surface area contributed by atoms with Crippen molar-refractivity contribution in [2.45, 2.75) is 62.6 Å². The summed E-state index contributed by atoms with van der Waals surface area (Å²) in [6, 6.07) is 0. The molecule has 2 heterocycles. The molecule has 0 N–H and O–H groups in total. The van der Waals surface area contributed by atoms with Gasteiger partial charge in [0.15, 0.2) is 0 Å². The zero-order valence-electron chi connectivity index (χ0n) is 9.63. The summed E-state index contributed by atoms with van der Waals surface area (Å²) in [5, 5.41) is 0. The van der Waals surface area contributed by atoms with E-state index < -0.39 is 0 Å². The normalized spacial score (nSPS) is 46.4. The van der Waals surface area contributed by atoms with Crippen molar-refractivity contribution in [1.29, 1.82) is 0 Å². The highest BCUT2D eigenvalue weighted by Crippen LogP contribution is 2.39. The highest BCUT2D eigenvalue weighted by Gasteiger charge is 2.46. The number of fused-ring (bicyclic) bond motifs is 2. The molecular formula is C13H16O4. The lowest BCUT2D eigenvalue weighted by molar-refractivity contribution is -0.145. The molecule has 0 bridgehead atoms. The van der Waals surface area contributed by atoms with Crippen molar-refractivity contribution >= 4 is 5.97 Å². The molecule has 0 amide bonds. The number of esters is 1. The van der Waals surface area contributed by atoms with E-state index in [0.717, 1.165) is 37.7 Å². The molecule has 3 fully saturated rings. The first kappa shape index (κ1) is 10.1. The molecule has 0 aromatic heterocycles. The van der Waals surface area contributed by atoms with E-state index in [0.29, 0.717) is 18.3 Å². The zero-order valence-corrected chi connectivity index (χ0v) is 9.63. The fraction of sp³-hybridized carbons (Fsp3) is 0.769. The molecule has 0 spiro atoms. The smallest absolute Gasteiger partial charge is 0.334 e. The van der Waals surface area contributed by atoms with Crippen LogP contribution in [-0.4, -0.2) is 36.5 Å². The van der Waals surface area contributed by atoms with Crippen LogP contribution in [0, 0.1) is 0 Å². The number of hydrogen-bond donors (Lipinski definition) is 0. The Labute approximate surface area is 99.9 Å². The molecule has 4 aliphatic rings. The molecule has 17 heavy (non-hydrogen) atoms. The number of rotatable bonds is 2. The van der Waals surface area contributed by atoms with Crippen LogP contribution in [0.1, 0.15) is 32.1 Å². The molecule has 4 rings (SSSR count). The highest BCUT2D eigenvalue weighted by atomic mass is 16.6. The van der Waals surface area contributed by atoms with Crippen molar-refractivity contribution in [1.82, 2.24) is 0 Å². The van der Waals surface area contributed by atoms with Gasteiger partial charge in [-0.3, -0.25) is 0 Å². The number of carbonyl (C=O) groups excluding carboxylic acids is 1. The van der Waals surface area contributed by atoms with Crippen LogP contribution in [0.4, 0.5) is 0 Å². The second-order valence-corrected chi connectivity index (χ2v) is 5.42. The molecule has 92 valence electrons. The molecule has 1 saturated carbocycles. The molecule has 5 unspecified atom stereocenters. The van der Waals surface area contributed by atoms with Crippen molar-refractivity contribution in [3.8, 4) is 0 Å². The number of ether oxygens (including phenoxy) is 3. The summed E-state index contributed by atoms with van der Waals surface area (Å²) in [5.41, 5.74) is 0.808. The summed E-state index contributed by atoms with van der Waals surface area (Å²) in [6.07, 6.45) is 8.01. The van der Waals surface area contributed by atoms with Gasteiger partial charge in [-0.05, 0) is 31.8 Å². The Bertz CT molecular complexity index is 389. The standard InChI is InChI=1S/C13H16O4/c14-13(7-1-3-9-11(5-7)16-9)15-8-2-4-10-12(6-8)17-10/h5,8-12H,1-4,6H2. The fourth-order valence-electron chi connectivity index (χ4n) is 2.99. The van der Waals surface area contributed by atoms with Crippen LogP contribution in [-0.2, 0) is 19.0 Å². The Balaban J connectivity index is 1.36. The molecule has 2 aliphatic heterocycles. The number of carbonyl (C=O) groups is 1. The van der Waals surface area contributed by atoms with Crippen LogP contribution in [0.25, 0.3) is 0 Å². The Kier molecular flexibility index (Phi) is 2.11. The van der Waals surface area contributed by atoms with E-state index in [2.05, 4.69) is 0 Å².